The van der Waals surface area contributed by atoms with Crippen LogP contribution in [0.2, 0.25) is 0 Å². The fourth-order valence-corrected chi connectivity index (χ4v) is 1.82. The van der Waals surface area contributed by atoms with Gasteiger partial charge in [0.05, 0.1) is 12.6 Å². The van der Waals surface area contributed by atoms with Gasteiger partial charge in [-0.15, -0.1) is 0 Å². The first-order chi connectivity index (χ1) is 9.43. The van der Waals surface area contributed by atoms with E-state index in [0.29, 0.717) is 6.61 Å². The fraction of sp³-hybridized carbons (Fsp3) is 0.429. The van der Waals surface area contributed by atoms with Gasteiger partial charge in [-0.3, -0.25) is 15.4 Å². The Morgan fingerprint density at radius 3 is 2.65 bits per heavy atom. The Hall–Kier alpha value is -2.08. The smallest absolute Gasteiger partial charge is 0.318 e. The number of hydrogen-bond acceptors (Lipinski definition) is 4. The van der Waals surface area contributed by atoms with Crippen LogP contribution in [0.4, 0.5) is 4.79 Å². The first-order valence-electron chi connectivity index (χ1n) is 6.53. The summed E-state index contributed by atoms with van der Waals surface area (Å²) < 4.78 is 5.43. The number of hydrogen-bond donors (Lipinski definition) is 3. The van der Waals surface area contributed by atoms with Crippen LogP contribution in [0, 0.1) is 0 Å². The number of rotatable bonds is 6. The number of nitrogens with one attached hydrogen (secondary N) is 2. The van der Waals surface area contributed by atoms with Gasteiger partial charge in [-0.05, 0) is 38.5 Å². The van der Waals surface area contributed by atoms with Crippen molar-refractivity contribution in [2.75, 3.05) is 6.61 Å². The Labute approximate surface area is 118 Å². The van der Waals surface area contributed by atoms with Crippen LogP contribution in [0.25, 0.3) is 0 Å². The van der Waals surface area contributed by atoms with Gasteiger partial charge in [0.1, 0.15) is 5.75 Å². The molecule has 0 aromatic heterocycles. The molecule has 4 N–H and O–H groups in total. The zero-order valence-electron chi connectivity index (χ0n) is 12.0. The lowest BCUT2D eigenvalue weighted by molar-refractivity contribution is -0.121. The molecule has 1 rings (SSSR count). The first-order valence-corrected chi connectivity index (χ1v) is 6.53. The van der Waals surface area contributed by atoms with Crippen LogP contribution in [-0.4, -0.2) is 24.6 Å². The highest BCUT2D eigenvalue weighted by Gasteiger charge is 2.17. The van der Waals surface area contributed by atoms with Gasteiger partial charge in [-0.25, -0.2) is 4.79 Å². The van der Waals surface area contributed by atoms with E-state index in [-0.39, 0.29) is 6.04 Å². The van der Waals surface area contributed by atoms with Gasteiger partial charge in [0.15, 0.2) is 0 Å². The summed E-state index contributed by atoms with van der Waals surface area (Å²) in [5.41, 5.74) is 5.91. The van der Waals surface area contributed by atoms with Crippen molar-refractivity contribution in [3.05, 3.63) is 29.8 Å². The Balaban J connectivity index is 2.65. The molecule has 0 spiro atoms. The summed E-state index contributed by atoms with van der Waals surface area (Å²) in [6.07, 6.45) is 0. The molecule has 3 amide bonds. The summed E-state index contributed by atoms with van der Waals surface area (Å²) in [5, 5.41) is 5.14. The molecule has 110 valence electrons. The topological polar surface area (TPSA) is 93.4 Å². The van der Waals surface area contributed by atoms with E-state index in [0.717, 1.165) is 11.3 Å². The van der Waals surface area contributed by atoms with Crippen molar-refractivity contribution in [3.8, 4) is 5.75 Å². The highest BCUT2D eigenvalue weighted by Crippen LogP contribution is 2.19. The Bertz CT molecular complexity index is 476. The number of carbonyl (C=O) groups is 2. The van der Waals surface area contributed by atoms with Gasteiger partial charge in [0.2, 0.25) is 5.91 Å². The molecular formula is C14H21N3O3. The second-order valence-electron chi connectivity index (χ2n) is 4.47. The van der Waals surface area contributed by atoms with Gasteiger partial charge < -0.3 is 10.5 Å². The molecule has 1 aromatic rings. The molecule has 0 aliphatic heterocycles. The van der Waals surface area contributed by atoms with Crippen LogP contribution in [0.1, 0.15) is 32.4 Å². The van der Waals surface area contributed by atoms with E-state index in [4.69, 9.17) is 10.5 Å². The van der Waals surface area contributed by atoms with Crippen LogP contribution >= 0.6 is 0 Å². The van der Waals surface area contributed by atoms with Crippen LogP contribution in [0.15, 0.2) is 24.3 Å². The van der Waals surface area contributed by atoms with Crippen LogP contribution in [-0.2, 0) is 4.79 Å². The summed E-state index contributed by atoms with van der Waals surface area (Å²) in [4.78, 5) is 22.2. The number of primary amides is 1. The third kappa shape index (κ3) is 4.89. The molecule has 0 aliphatic rings. The van der Waals surface area contributed by atoms with Crippen molar-refractivity contribution in [1.29, 1.82) is 0 Å². The minimum absolute atomic E-state index is 0.0657. The van der Waals surface area contributed by atoms with E-state index in [9.17, 15) is 9.59 Å². The second-order valence-corrected chi connectivity index (χ2v) is 4.47. The average Bonchev–Trinajstić information content (AvgIpc) is 2.38. The minimum atomic E-state index is -0.852. The molecule has 20 heavy (non-hydrogen) atoms. The van der Waals surface area contributed by atoms with Crippen molar-refractivity contribution in [2.24, 2.45) is 5.73 Å². The molecule has 6 nitrogen and oxygen atoms in total. The molecule has 0 heterocycles. The van der Waals surface area contributed by atoms with E-state index in [1.54, 1.807) is 6.92 Å². The number of ether oxygens (including phenoxy) is 1. The highest BCUT2D eigenvalue weighted by molar-refractivity contribution is 5.96. The van der Waals surface area contributed by atoms with E-state index in [1.165, 1.54) is 0 Å². The molecule has 0 radical (unpaired) electrons. The molecule has 0 saturated carbocycles. The molecule has 2 atom stereocenters. The van der Waals surface area contributed by atoms with E-state index < -0.39 is 18.0 Å². The van der Waals surface area contributed by atoms with Gasteiger partial charge in [-0.1, -0.05) is 12.1 Å². The third-order valence-corrected chi connectivity index (χ3v) is 2.81. The average molecular weight is 279 g/mol. The molecule has 0 fully saturated rings. The van der Waals surface area contributed by atoms with Crippen molar-refractivity contribution in [3.63, 3.8) is 0 Å². The normalized spacial score (nSPS) is 13.3. The van der Waals surface area contributed by atoms with Gasteiger partial charge in [-0.2, -0.15) is 0 Å². The van der Waals surface area contributed by atoms with Gasteiger partial charge >= 0.3 is 6.03 Å². The number of urea groups is 1. The first kappa shape index (κ1) is 16.0. The number of benzene rings is 1. The summed E-state index contributed by atoms with van der Waals surface area (Å²) >= 11 is 0. The molecule has 6 heteroatoms. The van der Waals surface area contributed by atoms with Gasteiger partial charge in [0.25, 0.3) is 0 Å². The summed E-state index contributed by atoms with van der Waals surface area (Å²) in [6, 6.07) is 6.18. The van der Waals surface area contributed by atoms with Gasteiger partial charge in [0, 0.05) is 6.04 Å². The maximum atomic E-state index is 11.6. The highest BCUT2D eigenvalue weighted by atomic mass is 16.5. The fourth-order valence-electron chi connectivity index (χ4n) is 1.82. The maximum Gasteiger partial charge on any atom is 0.318 e. The summed E-state index contributed by atoms with van der Waals surface area (Å²) in [7, 11) is 0. The lowest BCUT2D eigenvalue weighted by Gasteiger charge is -2.19. The standard InChI is InChI=1S/C14H21N3O3/c1-4-20-12-7-5-6-11(8-12)9(2)16-10(3)13(18)17-14(15)19/h5-10,16H,4H2,1-3H3,(H3,15,17,18,19)/t9-,10+/m0/s1. The van der Waals surface area contributed by atoms with E-state index >= 15 is 0 Å². The molecule has 0 saturated heterocycles. The monoisotopic (exact) mass is 279 g/mol. The molecule has 0 aliphatic carbocycles. The van der Waals surface area contributed by atoms with E-state index in [1.807, 2.05) is 43.4 Å². The predicted molar refractivity (Wildman–Crippen MR) is 76.3 cm³/mol. The van der Waals surface area contributed by atoms with Crippen LogP contribution < -0.4 is 21.1 Å². The van der Waals surface area contributed by atoms with Crippen molar-refractivity contribution in [2.45, 2.75) is 32.9 Å². The largest absolute Gasteiger partial charge is 0.494 e. The second kappa shape index (κ2) is 7.49. The lowest BCUT2D eigenvalue weighted by atomic mass is 10.1. The molecule has 0 unspecified atom stereocenters. The molecule has 1 aromatic carbocycles. The number of carbonyl (C=O) groups excluding carboxylic acids is 2. The van der Waals surface area contributed by atoms with Crippen molar-refractivity contribution < 1.29 is 14.3 Å². The van der Waals surface area contributed by atoms with Crippen molar-refractivity contribution in [1.82, 2.24) is 10.6 Å². The number of amides is 3. The Morgan fingerprint density at radius 1 is 1.35 bits per heavy atom. The number of nitrogens with two attached hydrogens (primary N) is 1. The zero-order chi connectivity index (χ0) is 15.1. The maximum absolute atomic E-state index is 11.6. The van der Waals surface area contributed by atoms with Crippen LogP contribution in [0.5, 0.6) is 5.75 Å². The van der Waals surface area contributed by atoms with Crippen molar-refractivity contribution >= 4 is 11.9 Å². The molecule has 0 bridgehead atoms. The number of imide groups is 1. The predicted octanol–water partition coefficient (Wildman–Crippen LogP) is 1.32. The third-order valence-electron chi connectivity index (χ3n) is 2.81. The minimum Gasteiger partial charge on any atom is -0.494 e. The summed E-state index contributed by atoms with van der Waals surface area (Å²) in [5.74, 6) is 0.332. The SMILES string of the molecule is CCOc1cccc([C@H](C)N[C@H](C)C(=O)NC(N)=O)c1. The lowest BCUT2D eigenvalue weighted by Crippen LogP contribution is -2.47. The zero-order valence-corrected chi connectivity index (χ0v) is 12.0. The Morgan fingerprint density at radius 2 is 2.05 bits per heavy atom. The van der Waals surface area contributed by atoms with E-state index in [2.05, 4.69) is 5.32 Å². The van der Waals surface area contributed by atoms with Crippen LogP contribution in [0.3, 0.4) is 0 Å². The Kier molecular flexibility index (Phi) is 5.99. The summed E-state index contributed by atoms with van der Waals surface area (Å²) in [6.45, 7) is 6.12. The molecular weight excluding hydrogens is 258 g/mol. The quantitative estimate of drug-likeness (QED) is 0.732.